The Kier molecular flexibility index (Phi) is 4.83. The molecule has 9 heteroatoms. The zero-order chi connectivity index (χ0) is 23.1. The number of carbonyl (C=O) groups is 1. The highest BCUT2D eigenvalue weighted by Gasteiger charge is 2.53. The van der Waals surface area contributed by atoms with Crippen LogP contribution < -0.4 is 9.47 Å². The molecule has 1 N–H and O–H groups in total. The number of furan rings is 1. The van der Waals surface area contributed by atoms with E-state index in [1.807, 2.05) is 35.2 Å². The van der Waals surface area contributed by atoms with Crippen molar-refractivity contribution in [3.63, 3.8) is 0 Å². The topological polar surface area (TPSA) is 106 Å². The Morgan fingerprint density at radius 3 is 2.65 bits per heavy atom. The molecule has 0 unspecified atom stereocenters. The molecule has 2 aliphatic rings. The van der Waals surface area contributed by atoms with Crippen LogP contribution in [-0.2, 0) is 19.6 Å². The summed E-state index contributed by atoms with van der Waals surface area (Å²) in [7, 11) is 1.68. The third-order valence-corrected chi connectivity index (χ3v) is 6.62. The van der Waals surface area contributed by atoms with E-state index in [9.17, 15) is 4.79 Å². The van der Waals surface area contributed by atoms with E-state index >= 15 is 0 Å². The van der Waals surface area contributed by atoms with Gasteiger partial charge in [0.15, 0.2) is 5.76 Å². The van der Waals surface area contributed by atoms with Gasteiger partial charge in [-0.2, -0.15) is 5.21 Å². The van der Waals surface area contributed by atoms with E-state index < -0.39 is 0 Å². The van der Waals surface area contributed by atoms with Gasteiger partial charge in [0, 0.05) is 17.6 Å². The lowest BCUT2D eigenvalue weighted by Gasteiger charge is -2.37. The fourth-order valence-electron chi connectivity index (χ4n) is 4.56. The van der Waals surface area contributed by atoms with Gasteiger partial charge in [0.05, 0.1) is 7.11 Å². The van der Waals surface area contributed by atoms with Crippen molar-refractivity contribution in [2.45, 2.75) is 38.0 Å². The summed E-state index contributed by atoms with van der Waals surface area (Å²) in [5, 5.41) is 13.9. The van der Waals surface area contributed by atoms with Crippen molar-refractivity contribution >= 4 is 5.91 Å². The Morgan fingerprint density at radius 1 is 1.09 bits per heavy atom. The van der Waals surface area contributed by atoms with Crippen LogP contribution in [0.5, 0.6) is 11.5 Å². The third-order valence-electron chi connectivity index (χ3n) is 6.62. The summed E-state index contributed by atoms with van der Waals surface area (Å²) < 4.78 is 17.1. The average molecular weight is 457 g/mol. The van der Waals surface area contributed by atoms with Gasteiger partial charge >= 0.3 is 0 Å². The highest BCUT2D eigenvalue weighted by molar-refractivity contribution is 5.92. The lowest BCUT2D eigenvalue weighted by molar-refractivity contribution is 0.0568. The van der Waals surface area contributed by atoms with E-state index in [-0.39, 0.29) is 18.1 Å². The number of ether oxygens (including phenoxy) is 2. The molecule has 2 aromatic heterocycles. The molecule has 6 rings (SSSR count). The molecule has 0 radical (unpaired) electrons. The molecule has 172 valence electrons. The molecule has 1 saturated carbocycles. The molecule has 0 atom stereocenters. The summed E-state index contributed by atoms with van der Waals surface area (Å²) in [6.45, 7) is 0.806. The molecule has 1 spiro atoms. The summed E-state index contributed by atoms with van der Waals surface area (Å²) in [5.41, 5.74) is 3.15. The number of hydrogen-bond donors (Lipinski definition) is 1. The first kappa shape index (κ1) is 20.5. The van der Waals surface area contributed by atoms with E-state index in [4.69, 9.17) is 13.9 Å². The number of aromatic amines is 1. The molecule has 1 fully saturated rings. The lowest BCUT2D eigenvalue weighted by atomic mass is 9.91. The quantitative estimate of drug-likeness (QED) is 0.470. The van der Waals surface area contributed by atoms with Crippen molar-refractivity contribution in [1.82, 2.24) is 25.5 Å². The lowest BCUT2D eigenvalue weighted by Crippen LogP contribution is -2.46. The number of amides is 1. The number of benzene rings is 2. The standard InChI is InChI=1S/C25H23N5O4/c1-32-20-7-4-17-14-30(25(10-11-25)13-18(17)12-20)24(31)22-9-8-21(34-22)15-33-19-5-2-16(3-6-19)23-26-28-29-27-23/h2-9,12H,10-11,13-15H2,1H3,(H,26,27,28,29). The minimum atomic E-state index is -0.111. The number of hydrogen-bond acceptors (Lipinski definition) is 7. The van der Waals surface area contributed by atoms with Crippen LogP contribution in [-0.4, -0.2) is 44.1 Å². The number of carbonyl (C=O) groups excluding carboxylic acids is 1. The van der Waals surface area contributed by atoms with Gasteiger partial charge in [0.2, 0.25) is 5.82 Å². The Bertz CT molecular complexity index is 1330. The van der Waals surface area contributed by atoms with Crippen LogP contribution in [0.1, 0.15) is 40.3 Å². The first-order chi connectivity index (χ1) is 16.6. The molecule has 3 heterocycles. The van der Waals surface area contributed by atoms with Crippen LogP contribution in [0.25, 0.3) is 11.4 Å². The van der Waals surface area contributed by atoms with Crippen molar-refractivity contribution in [1.29, 1.82) is 0 Å². The molecular weight excluding hydrogens is 434 g/mol. The molecule has 0 saturated heterocycles. The van der Waals surface area contributed by atoms with Crippen LogP contribution >= 0.6 is 0 Å². The predicted molar refractivity (Wildman–Crippen MR) is 121 cm³/mol. The first-order valence-electron chi connectivity index (χ1n) is 11.2. The van der Waals surface area contributed by atoms with Gasteiger partial charge in [-0.25, -0.2) is 0 Å². The molecule has 1 aliphatic heterocycles. The zero-order valence-corrected chi connectivity index (χ0v) is 18.7. The average Bonchev–Trinajstić information content (AvgIpc) is 3.27. The van der Waals surface area contributed by atoms with Crippen molar-refractivity contribution in [3.8, 4) is 22.9 Å². The van der Waals surface area contributed by atoms with Crippen LogP contribution in [0.3, 0.4) is 0 Å². The Morgan fingerprint density at radius 2 is 1.91 bits per heavy atom. The van der Waals surface area contributed by atoms with Crippen LogP contribution in [0, 0.1) is 0 Å². The smallest absolute Gasteiger partial charge is 0.290 e. The predicted octanol–water partition coefficient (Wildman–Crippen LogP) is 3.78. The number of nitrogens with zero attached hydrogens (tertiary/aromatic N) is 4. The number of aromatic nitrogens is 4. The normalized spacial score (nSPS) is 15.7. The summed E-state index contributed by atoms with van der Waals surface area (Å²) in [5.74, 6) is 2.92. The summed E-state index contributed by atoms with van der Waals surface area (Å²) in [6, 6.07) is 17.0. The molecule has 9 nitrogen and oxygen atoms in total. The van der Waals surface area contributed by atoms with Crippen LogP contribution in [0.4, 0.5) is 0 Å². The van der Waals surface area contributed by atoms with Gasteiger partial charge in [-0.15, -0.1) is 10.2 Å². The highest BCUT2D eigenvalue weighted by Crippen LogP contribution is 2.49. The van der Waals surface area contributed by atoms with Crippen LogP contribution in [0.2, 0.25) is 0 Å². The van der Waals surface area contributed by atoms with Gasteiger partial charge in [0.1, 0.15) is 23.9 Å². The molecule has 1 amide bonds. The highest BCUT2D eigenvalue weighted by atomic mass is 16.5. The van der Waals surface area contributed by atoms with E-state index in [0.29, 0.717) is 29.6 Å². The van der Waals surface area contributed by atoms with Crippen molar-refractivity contribution < 1.29 is 18.7 Å². The SMILES string of the molecule is COc1ccc2c(c1)CC1(CC1)N(C(=O)c1ccc(COc3ccc(-c4nn[nH]n4)cc3)o1)C2. The monoisotopic (exact) mass is 457 g/mol. The van der Waals surface area contributed by atoms with Gasteiger partial charge in [-0.1, -0.05) is 6.07 Å². The van der Waals surface area contributed by atoms with E-state index in [0.717, 1.165) is 36.1 Å². The maximum atomic E-state index is 13.4. The third kappa shape index (κ3) is 3.68. The fraction of sp³-hybridized carbons (Fsp3) is 0.280. The summed E-state index contributed by atoms with van der Waals surface area (Å²) >= 11 is 0. The van der Waals surface area contributed by atoms with Crippen molar-refractivity contribution in [2.24, 2.45) is 0 Å². The largest absolute Gasteiger partial charge is 0.497 e. The van der Waals surface area contributed by atoms with Crippen molar-refractivity contribution in [2.75, 3.05) is 7.11 Å². The number of H-pyrrole nitrogens is 1. The number of fused-ring (bicyclic) bond motifs is 1. The number of methoxy groups -OCH3 is 1. The Hall–Kier alpha value is -4.14. The fourth-order valence-corrected chi connectivity index (χ4v) is 4.56. The number of nitrogens with one attached hydrogen (secondary N) is 1. The first-order valence-corrected chi connectivity index (χ1v) is 11.2. The molecule has 0 bridgehead atoms. The summed E-state index contributed by atoms with van der Waals surface area (Å²) in [4.78, 5) is 15.3. The van der Waals surface area contributed by atoms with Crippen molar-refractivity contribution in [3.05, 3.63) is 77.2 Å². The Balaban J connectivity index is 1.13. The van der Waals surface area contributed by atoms with E-state index in [1.165, 1.54) is 5.56 Å². The molecule has 2 aromatic carbocycles. The summed E-state index contributed by atoms with van der Waals surface area (Å²) in [6.07, 6.45) is 2.86. The number of tetrazole rings is 1. The maximum absolute atomic E-state index is 13.4. The van der Waals surface area contributed by atoms with Gasteiger partial charge in [0.25, 0.3) is 5.91 Å². The second-order valence-electron chi connectivity index (χ2n) is 8.74. The zero-order valence-electron chi connectivity index (χ0n) is 18.7. The second kappa shape index (κ2) is 8.02. The molecule has 1 aliphatic carbocycles. The van der Waals surface area contributed by atoms with Crippen LogP contribution in [0.15, 0.2) is 59.0 Å². The molecule has 4 aromatic rings. The molecular formula is C25H23N5O4. The second-order valence-corrected chi connectivity index (χ2v) is 8.74. The van der Waals surface area contributed by atoms with Gasteiger partial charge in [-0.05, 0) is 84.1 Å². The van der Waals surface area contributed by atoms with Gasteiger partial charge < -0.3 is 18.8 Å². The number of rotatable bonds is 6. The minimum absolute atomic E-state index is 0.0744. The minimum Gasteiger partial charge on any atom is -0.497 e. The molecule has 34 heavy (non-hydrogen) atoms. The maximum Gasteiger partial charge on any atom is 0.290 e. The van der Waals surface area contributed by atoms with Gasteiger partial charge in [-0.3, -0.25) is 4.79 Å². The van der Waals surface area contributed by atoms with E-state index in [1.54, 1.807) is 19.2 Å². The van der Waals surface area contributed by atoms with E-state index in [2.05, 4.69) is 32.8 Å². The Labute approximate surface area is 195 Å².